The molecule has 2 aromatic carbocycles. The van der Waals surface area contributed by atoms with E-state index in [2.05, 4.69) is 25.4 Å². The molecule has 1 fully saturated rings. The van der Waals surface area contributed by atoms with Crippen molar-refractivity contribution in [3.63, 3.8) is 0 Å². The van der Waals surface area contributed by atoms with Crippen molar-refractivity contribution in [1.29, 1.82) is 0 Å². The zero-order valence-electron chi connectivity index (χ0n) is 28.7. The number of halogens is 10. The number of hydrogen-bond donors (Lipinski definition) is 3. The maximum absolute atomic E-state index is 16.0. The molecule has 0 saturated heterocycles. The number of pyridine rings is 1. The van der Waals surface area contributed by atoms with Crippen molar-refractivity contribution in [2.45, 2.75) is 55.8 Å². The van der Waals surface area contributed by atoms with Crippen molar-refractivity contribution in [2.75, 3.05) is 11.0 Å². The van der Waals surface area contributed by atoms with Crippen molar-refractivity contribution in [3.05, 3.63) is 87.5 Å². The van der Waals surface area contributed by atoms with Gasteiger partial charge in [0.05, 0.1) is 39.6 Å². The molecule has 0 spiro atoms. The van der Waals surface area contributed by atoms with Gasteiger partial charge in [0.2, 0.25) is 15.9 Å². The summed E-state index contributed by atoms with van der Waals surface area (Å²) in [6.07, 6.45) is -7.21. The summed E-state index contributed by atoms with van der Waals surface area (Å²) in [5, 5.41) is 13.7. The lowest BCUT2D eigenvalue weighted by atomic mass is 9.84. The molecule has 1 unspecified atom stereocenters. The Kier molecular flexibility index (Phi) is 8.83. The number of sulfonamides is 1. The molecule has 4 heterocycles. The van der Waals surface area contributed by atoms with Gasteiger partial charge in [0.1, 0.15) is 41.1 Å². The first-order chi connectivity index (χ1) is 26.6. The van der Waals surface area contributed by atoms with E-state index in [0.29, 0.717) is 15.4 Å². The predicted molar refractivity (Wildman–Crippen MR) is 185 cm³/mol. The quantitative estimate of drug-likeness (QED) is 0.116. The fourth-order valence-electron chi connectivity index (χ4n) is 7.87. The summed E-state index contributed by atoms with van der Waals surface area (Å²) in [4.78, 5) is 18.3. The van der Waals surface area contributed by atoms with Gasteiger partial charge in [-0.15, -0.1) is 0 Å². The molecule has 4 atom stereocenters. The number of fused-ring (bicyclic) bond motifs is 5. The summed E-state index contributed by atoms with van der Waals surface area (Å²) in [5.41, 5.74) is 2.30. The molecule has 0 bridgehead atoms. The monoisotopic (exact) mass is 845 g/mol. The summed E-state index contributed by atoms with van der Waals surface area (Å²) >= 11 is 6.47. The molecule has 1 saturated carbocycles. The summed E-state index contributed by atoms with van der Waals surface area (Å²) in [7, 11) is -4.18. The van der Waals surface area contributed by atoms with Crippen LogP contribution in [0.4, 0.5) is 45.3 Å². The Bertz CT molecular complexity index is 2730. The smallest absolute Gasteiger partial charge is 0.368 e. The van der Waals surface area contributed by atoms with E-state index in [1.54, 1.807) is 0 Å². The van der Waals surface area contributed by atoms with Crippen molar-refractivity contribution >= 4 is 55.3 Å². The number of carbonyl (C=O) groups is 1. The molecule has 0 radical (unpaired) electrons. The molecular formula is C34H25ClF9N9O3S. The van der Waals surface area contributed by atoms with Crippen molar-refractivity contribution in [1.82, 2.24) is 34.7 Å². The standard InChI is InChI=1S/C34H25ClF9N9O3S/c1-57(55,56)51-32-24-20(35)3-2-15(27(24)52(50-32)11-33(40,41)42)16-9-21-22(10-46-48-21)47-25(16)18(6-12-4-13(36)7-14(37)5-12)28(31(45)54)53-29-23(26(49-53)30(38)39)17-8-19(17)34(29,43)44/h2-5,7,9-10,17-19,28,30H,6,8,11H2,1H3,(H2,45,54)(H,46,48)(H,50,51)/t17-,18+,19+,28?/m0/s1. The number of nitrogens with zero attached hydrogens (tertiary/aromatic N) is 6. The summed E-state index contributed by atoms with van der Waals surface area (Å²) in [6, 6.07) is 3.80. The van der Waals surface area contributed by atoms with Gasteiger partial charge in [0.15, 0.2) is 5.82 Å². The lowest BCUT2D eigenvalue weighted by molar-refractivity contribution is -0.141. The lowest BCUT2D eigenvalue weighted by Gasteiger charge is -2.29. The van der Waals surface area contributed by atoms with Crippen LogP contribution in [0, 0.1) is 17.6 Å². The number of rotatable bonds is 11. The molecule has 2 aliphatic rings. The maximum Gasteiger partial charge on any atom is 0.408 e. The van der Waals surface area contributed by atoms with Crippen LogP contribution < -0.4 is 10.5 Å². The number of aromatic nitrogens is 7. The zero-order chi connectivity index (χ0) is 41.1. The van der Waals surface area contributed by atoms with Gasteiger partial charge in [0.25, 0.3) is 12.3 Å². The Morgan fingerprint density at radius 1 is 1.09 bits per heavy atom. The van der Waals surface area contributed by atoms with E-state index >= 15 is 8.78 Å². The maximum atomic E-state index is 16.0. The number of nitrogens with one attached hydrogen (secondary N) is 2. The van der Waals surface area contributed by atoms with Gasteiger partial charge in [-0.05, 0) is 48.6 Å². The van der Waals surface area contributed by atoms with Crippen LogP contribution in [0.25, 0.3) is 33.1 Å². The van der Waals surface area contributed by atoms with Crippen LogP contribution >= 0.6 is 11.6 Å². The molecule has 0 aliphatic heterocycles. The van der Waals surface area contributed by atoms with E-state index < -0.39 is 111 Å². The van der Waals surface area contributed by atoms with E-state index in [1.807, 2.05) is 4.72 Å². The Morgan fingerprint density at radius 3 is 2.42 bits per heavy atom. The van der Waals surface area contributed by atoms with Crippen LogP contribution in [0.1, 0.15) is 58.9 Å². The highest BCUT2D eigenvalue weighted by Gasteiger charge is 2.67. The number of alkyl halides is 7. The third kappa shape index (κ3) is 6.70. The SMILES string of the molecule is CS(=O)(=O)Nc1nn(CC(F)(F)F)c2c(-c3cc4[nH]ncc4nc3[C@@H](Cc3cc(F)cc(F)c3)C(C(N)=O)n3nc(C(F)F)c4c3C(F)(F)[C@@H]3C[C@H]43)ccc(Cl)c12. The first-order valence-electron chi connectivity index (χ1n) is 16.7. The highest BCUT2D eigenvalue weighted by molar-refractivity contribution is 7.92. The number of carbonyl (C=O) groups excluding carboxylic acids is 1. The molecule has 1 amide bonds. The highest BCUT2D eigenvalue weighted by Crippen LogP contribution is 2.68. The van der Waals surface area contributed by atoms with Gasteiger partial charge in [-0.25, -0.2) is 35.6 Å². The molecule has 4 aromatic heterocycles. The van der Waals surface area contributed by atoms with Gasteiger partial charge in [-0.2, -0.15) is 37.2 Å². The second-order valence-corrected chi connectivity index (χ2v) is 16.1. The Labute approximate surface area is 319 Å². The van der Waals surface area contributed by atoms with Crippen molar-refractivity contribution in [3.8, 4) is 11.1 Å². The molecule has 57 heavy (non-hydrogen) atoms. The fraction of sp³-hybridized carbons (Fsp3) is 0.324. The molecule has 12 nitrogen and oxygen atoms in total. The van der Waals surface area contributed by atoms with Crippen LogP contribution in [-0.2, 0) is 33.7 Å². The second-order valence-electron chi connectivity index (χ2n) is 13.9. The molecule has 8 rings (SSSR count). The number of anilines is 1. The Morgan fingerprint density at radius 2 is 1.79 bits per heavy atom. The van der Waals surface area contributed by atoms with Crippen LogP contribution in [-0.4, -0.2) is 61.5 Å². The summed E-state index contributed by atoms with van der Waals surface area (Å²) in [6.45, 7) is -1.79. The highest BCUT2D eigenvalue weighted by atomic mass is 35.5. The minimum absolute atomic E-state index is 0.0337. The zero-order valence-corrected chi connectivity index (χ0v) is 30.3. The number of primary amides is 1. The van der Waals surface area contributed by atoms with Gasteiger partial charge in [-0.3, -0.25) is 19.3 Å². The average molecular weight is 846 g/mol. The number of amides is 1. The Hall–Kier alpha value is -5.38. The van der Waals surface area contributed by atoms with E-state index in [9.17, 15) is 43.9 Å². The average Bonchev–Trinajstić information content (AvgIpc) is 3.31. The van der Waals surface area contributed by atoms with E-state index in [1.165, 1.54) is 24.4 Å². The summed E-state index contributed by atoms with van der Waals surface area (Å²) < 4.78 is 160. The summed E-state index contributed by atoms with van der Waals surface area (Å²) in [5.74, 6) is -12.1. The van der Waals surface area contributed by atoms with Crippen LogP contribution in [0.2, 0.25) is 5.02 Å². The minimum Gasteiger partial charge on any atom is -0.368 e. The van der Waals surface area contributed by atoms with E-state index in [4.69, 9.17) is 17.3 Å². The molecule has 300 valence electrons. The number of benzene rings is 2. The normalized spacial score (nSPS) is 18.6. The van der Waals surface area contributed by atoms with Gasteiger partial charge in [0, 0.05) is 34.6 Å². The van der Waals surface area contributed by atoms with Crippen LogP contribution in [0.5, 0.6) is 0 Å². The molecule has 6 aromatic rings. The number of H-pyrrole nitrogens is 1. The number of hydrogen-bond acceptors (Lipinski definition) is 7. The largest absolute Gasteiger partial charge is 0.408 e. The van der Waals surface area contributed by atoms with Crippen molar-refractivity contribution < 1.29 is 52.7 Å². The van der Waals surface area contributed by atoms with Crippen molar-refractivity contribution in [2.24, 2.45) is 11.7 Å². The van der Waals surface area contributed by atoms with Crippen LogP contribution in [0.15, 0.2) is 42.6 Å². The predicted octanol–water partition coefficient (Wildman–Crippen LogP) is 7.24. The van der Waals surface area contributed by atoms with Gasteiger partial charge >= 0.3 is 6.18 Å². The van der Waals surface area contributed by atoms with Crippen LogP contribution in [0.3, 0.4) is 0 Å². The third-order valence-electron chi connectivity index (χ3n) is 9.99. The molecule has 23 heteroatoms. The third-order valence-corrected chi connectivity index (χ3v) is 10.9. The first kappa shape index (κ1) is 38.5. The fourth-order valence-corrected chi connectivity index (χ4v) is 8.60. The second kappa shape index (κ2) is 13.1. The molecular weight excluding hydrogens is 821 g/mol. The van der Waals surface area contributed by atoms with E-state index in [0.717, 1.165) is 18.4 Å². The van der Waals surface area contributed by atoms with Gasteiger partial charge < -0.3 is 5.73 Å². The number of aromatic amines is 1. The van der Waals surface area contributed by atoms with Gasteiger partial charge in [-0.1, -0.05) is 17.7 Å². The van der Waals surface area contributed by atoms with E-state index in [-0.39, 0.29) is 50.2 Å². The Balaban J connectivity index is 1.45. The number of nitrogens with two attached hydrogens (primary N) is 1. The molecule has 4 N–H and O–H groups in total. The first-order valence-corrected chi connectivity index (χ1v) is 19.0. The lowest BCUT2D eigenvalue weighted by Crippen LogP contribution is -2.37. The minimum atomic E-state index is -4.95. The topological polar surface area (TPSA) is 166 Å². The molecule has 2 aliphatic carbocycles.